The van der Waals surface area contributed by atoms with Gasteiger partial charge in [-0.1, -0.05) is 23.2 Å². The predicted molar refractivity (Wildman–Crippen MR) is 83.5 cm³/mol. The minimum absolute atomic E-state index is 0.0577. The normalized spacial score (nSPS) is 10.4. The molecule has 1 amide bonds. The monoisotopic (exact) mass is 344 g/mol. The molecule has 0 aliphatic carbocycles. The van der Waals surface area contributed by atoms with E-state index in [0.29, 0.717) is 17.3 Å². The number of carbonyl (C=O) groups excluding carboxylic acids is 1. The fourth-order valence-electron chi connectivity index (χ4n) is 1.68. The van der Waals surface area contributed by atoms with Gasteiger partial charge in [-0.15, -0.1) is 11.3 Å². The lowest BCUT2D eigenvalue weighted by Crippen LogP contribution is -2.25. The average molecular weight is 345 g/mol. The van der Waals surface area contributed by atoms with Gasteiger partial charge in [-0.05, 0) is 30.7 Å². The van der Waals surface area contributed by atoms with Gasteiger partial charge in [0.05, 0.1) is 9.26 Å². The number of benzene rings is 1. The molecule has 1 aromatic carbocycles. The number of nitrogens with one attached hydrogen (secondary N) is 1. The van der Waals surface area contributed by atoms with Crippen molar-refractivity contribution in [2.75, 3.05) is 6.54 Å². The zero-order chi connectivity index (χ0) is 15.4. The lowest BCUT2D eigenvalue weighted by atomic mass is 10.2. The third-order valence-electron chi connectivity index (χ3n) is 2.69. The van der Waals surface area contributed by atoms with Crippen molar-refractivity contribution in [3.63, 3.8) is 0 Å². The van der Waals surface area contributed by atoms with E-state index in [1.54, 1.807) is 6.07 Å². The highest BCUT2D eigenvalue weighted by Crippen LogP contribution is 2.25. The fraction of sp³-hybridized carbons (Fsp3) is 0.154. The molecule has 0 atom stereocenters. The van der Waals surface area contributed by atoms with E-state index in [4.69, 9.17) is 23.2 Å². The summed E-state index contributed by atoms with van der Waals surface area (Å²) in [5.74, 6) is -0.325. The fourth-order valence-corrected chi connectivity index (χ4v) is 3.02. The largest absolute Gasteiger partial charge is 0.352 e. The number of hydrogen-bond acceptors (Lipinski definition) is 4. The number of nitro benzene ring substituents is 1. The Bertz CT molecular complexity index is 688. The highest BCUT2D eigenvalue weighted by molar-refractivity contribution is 7.16. The van der Waals surface area contributed by atoms with E-state index in [1.807, 2.05) is 6.07 Å². The van der Waals surface area contributed by atoms with Crippen LogP contribution in [0.25, 0.3) is 0 Å². The summed E-state index contributed by atoms with van der Waals surface area (Å²) in [7, 11) is 0. The molecule has 1 aromatic heterocycles. The van der Waals surface area contributed by atoms with E-state index in [0.717, 1.165) is 4.88 Å². The summed E-state index contributed by atoms with van der Waals surface area (Å²) in [4.78, 5) is 23.0. The van der Waals surface area contributed by atoms with Gasteiger partial charge in [-0.2, -0.15) is 0 Å². The van der Waals surface area contributed by atoms with Crippen LogP contribution in [0.5, 0.6) is 0 Å². The van der Waals surface area contributed by atoms with Crippen LogP contribution in [-0.2, 0) is 6.42 Å². The Kier molecular flexibility index (Phi) is 5.17. The lowest BCUT2D eigenvalue weighted by Gasteiger charge is -2.05. The lowest BCUT2D eigenvalue weighted by molar-refractivity contribution is -0.384. The summed E-state index contributed by atoms with van der Waals surface area (Å²) in [5, 5.41) is 13.3. The molecule has 0 unspecified atom stereocenters. The van der Waals surface area contributed by atoms with Crippen LogP contribution in [0, 0.1) is 10.1 Å². The Balaban J connectivity index is 1.94. The van der Waals surface area contributed by atoms with Crippen LogP contribution in [0.2, 0.25) is 9.36 Å². The smallest absolute Gasteiger partial charge is 0.287 e. The molecular weight excluding hydrogens is 335 g/mol. The van der Waals surface area contributed by atoms with Gasteiger partial charge in [0.1, 0.15) is 5.02 Å². The predicted octanol–water partition coefficient (Wildman–Crippen LogP) is 3.94. The molecule has 2 rings (SSSR count). The molecule has 0 spiro atoms. The number of rotatable bonds is 5. The van der Waals surface area contributed by atoms with E-state index in [9.17, 15) is 14.9 Å². The summed E-state index contributed by atoms with van der Waals surface area (Å²) in [5.41, 5.74) is 0.0660. The van der Waals surface area contributed by atoms with Gasteiger partial charge in [0.25, 0.3) is 11.6 Å². The molecule has 1 heterocycles. The second-order valence-corrected chi connectivity index (χ2v) is 6.34. The van der Waals surface area contributed by atoms with Crippen molar-refractivity contribution < 1.29 is 9.72 Å². The van der Waals surface area contributed by atoms with Crippen LogP contribution >= 0.6 is 34.5 Å². The summed E-state index contributed by atoms with van der Waals surface area (Å²) in [6.07, 6.45) is 0.670. The van der Waals surface area contributed by atoms with Gasteiger partial charge in [-0.3, -0.25) is 14.9 Å². The van der Waals surface area contributed by atoms with Crippen molar-refractivity contribution in [1.29, 1.82) is 0 Å². The number of nitro groups is 1. The average Bonchev–Trinajstić information content (AvgIpc) is 2.83. The van der Waals surface area contributed by atoms with Crippen molar-refractivity contribution in [2.24, 2.45) is 0 Å². The summed E-state index contributed by atoms with van der Waals surface area (Å²) in [6, 6.07) is 7.59. The SMILES string of the molecule is O=C(NCCc1ccc(Cl)s1)c1ccc([N+](=O)[O-])c(Cl)c1. The van der Waals surface area contributed by atoms with Crippen LogP contribution in [0.15, 0.2) is 30.3 Å². The Labute approximate surface area is 134 Å². The van der Waals surface area contributed by atoms with Crippen LogP contribution in [0.1, 0.15) is 15.2 Å². The van der Waals surface area contributed by atoms with E-state index in [2.05, 4.69) is 5.32 Å². The maximum absolute atomic E-state index is 11.9. The molecule has 5 nitrogen and oxygen atoms in total. The molecule has 21 heavy (non-hydrogen) atoms. The molecule has 0 saturated heterocycles. The second-order valence-electron chi connectivity index (χ2n) is 4.14. The van der Waals surface area contributed by atoms with Crippen LogP contribution in [0.4, 0.5) is 5.69 Å². The third kappa shape index (κ3) is 4.17. The van der Waals surface area contributed by atoms with E-state index in [-0.39, 0.29) is 22.2 Å². The first-order valence-electron chi connectivity index (χ1n) is 5.93. The molecular formula is C13H10Cl2N2O3S. The summed E-state index contributed by atoms with van der Waals surface area (Å²) < 4.78 is 0.707. The molecule has 8 heteroatoms. The Morgan fingerprint density at radius 1 is 1.29 bits per heavy atom. The van der Waals surface area contributed by atoms with Gasteiger partial charge < -0.3 is 5.32 Å². The van der Waals surface area contributed by atoms with Gasteiger partial charge in [-0.25, -0.2) is 0 Å². The number of nitrogens with zero attached hydrogens (tertiary/aromatic N) is 1. The Morgan fingerprint density at radius 3 is 2.62 bits per heavy atom. The molecule has 0 fully saturated rings. The van der Waals surface area contributed by atoms with Crippen molar-refractivity contribution in [1.82, 2.24) is 5.32 Å². The Hall–Kier alpha value is -1.63. The molecule has 0 aliphatic heterocycles. The second kappa shape index (κ2) is 6.89. The van der Waals surface area contributed by atoms with Gasteiger partial charge >= 0.3 is 0 Å². The number of thiophene rings is 1. The van der Waals surface area contributed by atoms with Crippen LogP contribution < -0.4 is 5.32 Å². The highest BCUT2D eigenvalue weighted by atomic mass is 35.5. The molecule has 0 saturated carbocycles. The first-order valence-corrected chi connectivity index (χ1v) is 7.51. The maximum Gasteiger partial charge on any atom is 0.287 e. The molecule has 0 aliphatic rings. The van der Waals surface area contributed by atoms with Crippen molar-refractivity contribution >= 4 is 46.1 Å². The van der Waals surface area contributed by atoms with Crippen molar-refractivity contribution in [3.05, 3.63) is 60.2 Å². The maximum atomic E-state index is 11.9. The topological polar surface area (TPSA) is 72.2 Å². The summed E-state index contributed by atoms with van der Waals surface area (Å²) >= 11 is 13.0. The molecule has 0 radical (unpaired) electrons. The molecule has 2 aromatic rings. The van der Waals surface area contributed by atoms with Crippen LogP contribution in [-0.4, -0.2) is 17.4 Å². The highest BCUT2D eigenvalue weighted by Gasteiger charge is 2.15. The molecule has 1 N–H and O–H groups in total. The third-order valence-corrected chi connectivity index (χ3v) is 4.29. The quantitative estimate of drug-likeness (QED) is 0.659. The Morgan fingerprint density at radius 2 is 2.05 bits per heavy atom. The van der Waals surface area contributed by atoms with Crippen molar-refractivity contribution in [3.8, 4) is 0 Å². The van der Waals surface area contributed by atoms with Gasteiger partial charge in [0, 0.05) is 23.1 Å². The first kappa shape index (κ1) is 15.8. The van der Waals surface area contributed by atoms with E-state index in [1.165, 1.54) is 29.5 Å². The van der Waals surface area contributed by atoms with Gasteiger partial charge in [0.2, 0.25) is 0 Å². The van der Waals surface area contributed by atoms with Crippen LogP contribution in [0.3, 0.4) is 0 Å². The molecule has 0 bridgehead atoms. The first-order chi connectivity index (χ1) is 9.97. The minimum Gasteiger partial charge on any atom is -0.352 e. The van der Waals surface area contributed by atoms with Gasteiger partial charge in [0.15, 0.2) is 0 Å². The number of carbonyl (C=O) groups is 1. The minimum atomic E-state index is -0.593. The number of hydrogen-bond donors (Lipinski definition) is 1. The van der Waals surface area contributed by atoms with E-state index < -0.39 is 4.92 Å². The summed E-state index contributed by atoms with van der Waals surface area (Å²) in [6.45, 7) is 0.449. The van der Waals surface area contributed by atoms with E-state index >= 15 is 0 Å². The zero-order valence-corrected chi connectivity index (χ0v) is 13.0. The van der Waals surface area contributed by atoms with Crippen molar-refractivity contribution in [2.45, 2.75) is 6.42 Å². The zero-order valence-electron chi connectivity index (χ0n) is 10.6. The number of halogens is 2. The molecule has 110 valence electrons. The number of amides is 1. The standard InChI is InChI=1S/C13H10Cl2N2O3S/c14-10-7-8(1-3-11(10)17(19)20)13(18)16-6-5-9-2-4-12(15)21-9/h1-4,7H,5-6H2,(H,16,18).